The van der Waals surface area contributed by atoms with Crippen molar-refractivity contribution in [3.05, 3.63) is 113 Å². The van der Waals surface area contributed by atoms with Gasteiger partial charge < -0.3 is 9.64 Å². The second-order valence-electron chi connectivity index (χ2n) is 10.1. The van der Waals surface area contributed by atoms with Crippen LogP contribution < -0.4 is 9.46 Å². The number of nitrogens with one attached hydrogen (secondary N) is 1. The van der Waals surface area contributed by atoms with Crippen LogP contribution in [0.4, 0.5) is 5.69 Å². The van der Waals surface area contributed by atoms with Crippen LogP contribution in [0.2, 0.25) is 0 Å². The van der Waals surface area contributed by atoms with E-state index in [2.05, 4.69) is 26.8 Å². The number of benzene rings is 3. The van der Waals surface area contributed by atoms with Gasteiger partial charge >= 0.3 is 0 Å². The molecule has 4 aromatic rings. The van der Waals surface area contributed by atoms with Crippen molar-refractivity contribution in [3.63, 3.8) is 0 Å². The highest BCUT2D eigenvalue weighted by Crippen LogP contribution is 2.31. The number of carbonyl (C=O) groups excluding carboxylic acids is 1. The molecule has 1 saturated heterocycles. The summed E-state index contributed by atoms with van der Waals surface area (Å²) in [5, 5.41) is 0. The number of aryl methyl sites for hydroxylation is 2. The molecule has 1 amide bonds. The van der Waals surface area contributed by atoms with Gasteiger partial charge in [-0.3, -0.25) is 14.5 Å². The first kappa shape index (κ1) is 27.3. The summed E-state index contributed by atoms with van der Waals surface area (Å²) in [6.07, 6.45) is 4.96. The molecule has 1 fully saturated rings. The van der Waals surface area contributed by atoms with E-state index in [0.717, 1.165) is 24.1 Å². The predicted octanol–water partition coefficient (Wildman–Crippen LogP) is 5.85. The zero-order chi connectivity index (χ0) is 28.1. The van der Waals surface area contributed by atoms with Gasteiger partial charge in [0.1, 0.15) is 5.75 Å². The number of likely N-dealkylation sites (tertiary alicyclic amines) is 1. The van der Waals surface area contributed by atoms with E-state index in [0.29, 0.717) is 47.5 Å². The maximum Gasteiger partial charge on any atom is 0.253 e. The van der Waals surface area contributed by atoms with Crippen molar-refractivity contribution in [2.45, 2.75) is 38.4 Å². The molecule has 0 atom stereocenters. The first-order valence-corrected chi connectivity index (χ1v) is 14.9. The molecule has 0 radical (unpaired) electrons. The molecule has 1 N–H and O–H groups in total. The van der Waals surface area contributed by atoms with E-state index in [4.69, 9.17) is 4.74 Å². The van der Waals surface area contributed by atoms with Gasteiger partial charge in [-0.1, -0.05) is 48.5 Å². The van der Waals surface area contributed by atoms with Crippen molar-refractivity contribution in [3.8, 4) is 11.6 Å². The van der Waals surface area contributed by atoms with Crippen molar-refractivity contribution >= 4 is 21.6 Å². The number of ether oxygens (including phenoxy) is 1. The number of nitrogens with zero attached hydrogens (tertiary/aromatic N) is 3. The first-order chi connectivity index (χ1) is 19.3. The van der Waals surface area contributed by atoms with Gasteiger partial charge in [0.2, 0.25) is 15.9 Å². The highest BCUT2D eigenvalue weighted by Gasteiger charge is 2.25. The standard InChI is InChI=1S/C31H32N4O4S/c1-22-8-9-27(18-29(22)34-40(37,38)21-24-6-4-3-5-7-24)31(36)35-16-14-26(15-17-35)25-10-12-28(13-11-25)39-30-20-32-23(2)19-33-30/h3-13,18-20,26,34H,14-17,21H2,1-2H3. The average Bonchev–Trinajstić information content (AvgIpc) is 2.96. The van der Waals surface area contributed by atoms with Crippen molar-refractivity contribution in [2.75, 3.05) is 17.8 Å². The summed E-state index contributed by atoms with van der Waals surface area (Å²) in [6.45, 7) is 4.96. The Morgan fingerprint density at radius 1 is 0.950 bits per heavy atom. The summed E-state index contributed by atoms with van der Waals surface area (Å²) >= 11 is 0. The van der Waals surface area contributed by atoms with Crippen LogP contribution in [-0.4, -0.2) is 42.3 Å². The summed E-state index contributed by atoms with van der Waals surface area (Å²) in [6, 6.07) is 22.2. The third-order valence-corrected chi connectivity index (χ3v) is 8.31. The van der Waals surface area contributed by atoms with Gasteiger partial charge in [-0.2, -0.15) is 0 Å². The lowest BCUT2D eigenvalue weighted by Crippen LogP contribution is -2.38. The topological polar surface area (TPSA) is 101 Å². The zero-order valence-electron chi connectivity index (χ0n) is 22.6. The summed E-state index contributed by atoms with van der Waals surface area (Å²) in [5.74, 6) is 1.27. The summed E-state index contributed by atoms with van der Waals surface area (Å²) in [4.78, 5) is 23.6. The molecule has 0 spiro atoms. The Labute approximate surface area is 235 Å². The number of piperidine rings is 1. The SMILES string of the molecule is Cc1cnc(Oc2ccc(C3CCN(C(=O)c4ccc(C)c(NS(=O)(=O)Cc5ccccc5)c4)CC3)cc2)cn1. The molecule has 0 unspecified atom stereocenters. The molecule has 1 aromatic heterocycles. The number of anilines is 1. The largest absolute Gasteiger partial charge is 0.438 e. The predicted molar refractivity (Wildman–Crippen MR) is 155 cm³/mol. The number of hydrogen-bond acceptors (Lipinski definition) is 6. The van der Waals surface area contributed by atoms with Crippen molar-refractivity contribution in [2.24, 2.45) is 0 Å². The molecule has 206 valence electrons. The second kappa shape index (κ2) is 11.9. The maximum absolute atomic E-state index is 13.3. The molecule has 0 saturated carbocycles. The Hall–Kier alpha value is -4.24. The summed E-state index contributed by atoms with van der Waals surface area (Å²) in [5.41, 5.74) is 4.40. The van der Waals surface area contributed by atoms with Gasteiger partial charge in [-0.25, -0.2) is 13.4 Å². The third-order valence-electron chi connectivity index (χ3n) is 7.06. The molecule has 9 heteroatoms. The molecular weight excluding hydrogens is 524 g/mol. The quantitative estimate of drug-likeness (QED) is 0.292. The van der Waals surface area contributed by atoms with E-state index in [1.807, 2.05) is 49.1 Å². The number of sulfonamides is 1. The van der Waals surface area contributed by atoms with E-state index >= 15 is 0 Å². The van der Waals surface area contributed by atoms with Crippen molar-refractivity contribution in [1.29, 1.82) is 0 Å². The van der Waals surface area contributed by atoms with E-state index in [1.54, 1.807) is 42.7 Å². The lowest BCUT2D eigenvalue weighted by Gasteiger charge is -2.32. The van der Waals surface area contributed by atoms with Crippen LogP contribution in [0.1, 0.15) is 51.5 Å². The monoisotopic (exact) mass is 556 g/mol. The third kappa shape index (κ3) is 6.84. The second-order valence-corrected chi connectivity index (χ2v) is 11.8. The van der Waals surface area contributed by atoms with Crippen LogP contribution in [0.5, 0.6) is 11.6 Å². The molecule has 1 aliphatic heterocycles. The van der Waals surface area contributed by atoms with Crippen LogP contribution in [-0.2, 0) is 15.8 Å². The van der Waals surface area contributed by atoms with Crippen LogP contribution >= 0.6 is 0 Å². The lowest BCUT2D eigenvalue weighted by atomic mass is 9.89. The van der Waals surface area contributed by atoms with Crippen LogP contribution in [0.3, 0.4) is 0 Å². The first-order valence-electron chi connectivity index (χ1n) is 13.3. The Bertz CT molecular complexity index is 1570. The Morgan fingerprint density at radius 2 is 1.68 bits per heavy atom. The van der Waals surface area contributed by atoms with E-state index in [1.165, 1.54) is 5.56 Å². The highest BCUT2D eigenvalue weighted by molar-refractivity contribution is 7.91. The number of rotatable bonds is 8. The molecule has 1 aliphatic rings. The zero-order valence-corrected chi connectivity index (χ0v) is 23.4. The minimum absolute atomic E-state index is 0.0927. The number of amides is 1. The van der Waals surface area contributed by atoms with Gasteiger partial charge in [0.25, 0.3) is 5.91 Å². The minimum atomic E-state index is -3.63. The molecule has 3 aromatic carbocycles. The summed E-state index contributed by atoms with van der Waals surface area (Å²) < 4.78 is 34.0. The van der Waals surface area contributed by atoms with Gasteiger partial charge in [0.05, 0.1) is 29.5 Å². The minimum Gasteiger partial charge on any atom is -0.438 e. The molecule has 8 nitrogen and oxygen atoms in total. The summed E-state index contributed by atoms with van der Waals surface area (Å²) in [7, 11) is -3.63. The fourth-order valence-corrected chi connectivity index (χ4v) is 6.08. The van der Waals surface area contributed by atoms with Gasteiger partial charge in [-0.15, -0.1) is 0 Å². The smallest absolute Gasteiger partial charge is 0.253 e. The number of aromatic nitrogens is 2. The lowest BCUT2D eigenvalue weighted by molar-refractivity contribution is 0.0713. The van der Waals surface area contributed by atoms with Crippen LogP contribution in [0.25, 0.3) is 0 Å². The normalized spacial score (nSPS) is 14.1. The highest BCUT2D eigenvalue weighted by atomic mass is 32.2. The Kier molecular flexibility index (Phi) is 8.11. The van der Waals surface area contributed by atoms with E-state index in [9.17, 15) is 13.2 Å². The van der Waals surface area contributed by atoms with Crippen molar-refractivity contribution < 1.29 is 17.9 Å². The Balaban J connectivity index is 1.18. The fraction of sp³-hybridized carbons (Fsp3) is 0.258. The van der Waals surface area contributed by atoms with Gasteiger partial charge in [0.15, 0.2) is 0 Å². The van der Waals surface area contributed by atoms with Crippen molar-refractivity contribution in [1.82, 2.24) is 14.9 Å². The fourth-order valence-electron chi connectivity index (χ4n) is 4.82. The Morgan fingerprint density at radius 3 is 2.35 bits per heavy atom. The number of hydrogen-bond donors (Lipinski definition) is 1. The molecule has 5 rings (SSSR count). The molecule has 0 aliphatic carbocycles. The van der Waals surface area contributed by atoms with Crippen LogP contribution in [0.15, 0.2) is 85.2 Å². The molecule has 40 heavy (non-hydrogen) atoms. The van der Waals surface area contributed by atoms with Gasteiger partial charge in [-0.05, 0) is 73.6 Å². The molecule has 0 bridgehead atoms. The van der Waals surface area contributed by atoms with E-state index < -0.39 is 10.0 Å². The maximum atomic E-state index is 13.3. The van der Waals surface area contributed by atoms with Gasteiger partial charge in [0, 0.05) is 18.7 Å². The average molecular weight is 557 g/mol. The van der Waals surface area contributed by atoms with Crippen LogP contribution in [0, 0.1) is 13.8 Å². The van der Waals surface area contributed by atoms with E-state index in [-0.39, 0.29) is 11.7 Å². The number of carbonyl (C=O) groups is 1. The molecule has 2 heterocycles. The molecular formula is C31H32N4O4S.